The monoisotopic (exact) mass is 307 g/mol. The van der Waals surface area contributed by atoms with Crippen molar-refractivity contribution in [2.75, 3.05) is 6.54 Å². The number of carbonyl (C=O) groups is 1. The van der Waals surface area contributed by atoms with E-state index in [-0.39, 0.29) is 11.8 Å². The van der Waals surface area contributed by atoms with Crippen LogP contribution in [0.4, 0.5) is 0 Å². The zero-order valence-corrected chi connectivity index (χ0v) is 12.6. The Morgan fingerprint density at radius 2 is 1.80 bits per heavy atom. The molecule has 2 rings (SSSR count). The topological polar surface area (TPSA) is 29.1 Å². The van der Waals surface area contributed by atoms with Gasteiger partial charge in [-0.05, 0) is 29.7 Å². The minimum Gasteiger partial charge on any atom is -0.351 e. The van der Waals surface area contributed by atoms with Crippen LogP contribution in [-0.4, -0.2) is 12.5 Å². The van der Waals surface area contributed by atoms with Crippen LogP contribution in [0, 0.1) is 0 Å². The number of amides is 1. The number of benzene rings is 2. The Labute approximate surface area is 128 Å². The lowest BCUT2D eigenvalue weighted by molar-refractivity contribution is 0.0951. The average molecular weight is 308 g/mol. The van der Waals surface area contributed by atoms with Gasteiger partial charge in [0.15, 0.2) is 0 Å². The van der Waals surface area contributed by atoms with Gasteiger partial charge < -0.3 is 5.32 Å². The molecule has 1 atom stereocenters. The predicted molar refractivity (Wildman–Crippen MR) is 83.7 cm³/mol. The number of hydrogen-bond acceptors (Lipinski definition) is 1. The Morgan fingerprint density at radius 1 is 1.10 bits per heavy atom. The van der Waals surface area contributed by atoms with Gasteiger partial charge in [-0.2, -0.15) is 0 Å². The molecule has 0 aliphatic carbocycles. The molecule has 0 spiro atoms. The van der Waals surface area contributed by atoms with Crippen molar-refractivity contribution in [1.29, 1.82) is 0 Å². The van der Waals surface area contributed by atoms with Gasteiger partial charge in [-0.25, -0.2) is 0 Å². The van der Waals surface area contributed by atoms with E-state index in [2.05, 4.69) is 24.4 Å². The van der Waals surface area contributed by atoms with Crippen LogP contribution < -0.4 is 5.32 Å². The summed E-state index contributed by atoms with van der Waals surface area (Å²) < 4.78 is 0. The molecule has 2 aromatic rings. The molecule has 0 aromatic heterocycles. The summed E-state index contributed by atoms with van der Waals surface area (Å²) >= 11 is 11.7. The van der Waals surface area contributed by atoms with Gasteiger partial charge in [0.1, 0.15) is 0 Å². The average Bonchev–Trinajstić information content (AvgIpc) is 2.48. The van der Waals surface area contributed by atoms with Gasteiger partial charge in [0, 0.05) is 12.1 Å². The van der Waals surface area contributed by atoms with E-state index in [1.807, 2.05) is 18.2 Å². The smallest absolute Gasteiger partial charge is 0.251 e. The van der Waals surface area contributed by atoms with E-state index in [1.54, 1.807) is 18.2 Å². The molecule has 0 bridgehead atoms. The molecule has 20 heavy (non-hydrogen) atoms. The van der Waals surface area contributed by atoms with Gasteiger partial charge >= 0.3 is 0 Å². The van der Waals surface area contributed by atoms with E-state index in [0.29, 0.717) is 22.2 Å². The van der Waals surface area contributed by atoms with Crippen LogP contribution in [0.1, 0.15) is 28.8 Å². The molecule has 104 valence electrons. The van der Waals surface area contributed by atoms with E-state index < -0.39 is 0 Å². The quantitative estimate of drug-likeness (QED) is 0.883. The molecule has 1 unspecified atom stereocenters. The minimum atomic E-state index is -0.147. The van der Waals surface area contributed by atoms with Crippen molar-refractivity contribution in [2.45, 2.75) is 12.8 Å². The fourth-order valence-electron chi connectivity index (χ4n) is 1.88. The van der Waals surface area contributed by atoms with Gasteiger partial charge in [0.2, 0.25) is 0 Å². The molecule has 1 amide bonds. The van der Waals surface area contributed by atoms with Gasteiger partial charge in [0.05, 0.1) is 10.0 Å². The fraction of sp³-hybridized carbons (Fsp3) is 0.188. The van der Waals surface area contributed by atoms with Crippen molar-refractivity contribution in [3.05, 3.63) is 69.7 Å². The maximum absolute atomic E-state index is 12.0. The highest BCUT2D eigenvalue weighted by atomic mass is 35.5. The summed E-state index contributed by atoms with van der Waals surface area (Å²) in [6.07, 6.45) is 0. The highest BCUT2D eigenvalue weighted by Crippen LogP contribution is 2.22. The summed E-state index contributed by atoms with van der Waals surface area (Å²) in [5.74, 6) is 0.106. The largest absolute Gasteiger partial charge is 0.351 e. The molecule has 0 saturated carbocycles. The van der Waals surface area contributed by atoms with Crippen molar-refractivity contribution in [3.8, 4) is 0 Å². The molecule has 4 heteroatoms. The number of halogens is 2. The van der Waals surface area contributed by atoms with Crippen LogP contribution >= 0.6 is 23.2 Å². The summed E-state index contributed by atoms with van der Waals surface area (Å²) in [7, 11) is 0. The zero-order chi connectivity index (χ0) is 14.5. The van der Waals surface area contributed by atoms with Crippen molar-refractivity contribution < 1.29 is 4.79 Å². The van der Waals surface area contributed by atoms with Gasteiger partial charge in [-0.1, -0.05) is 60.5 Å². The second-order valence-electron chi connectivity index (χ2n) is 4.65. The first kappa shape index (κ1) is 14.9. The number of nitrogens with one attached hydrogen (secondary N) is 1. The summed E-state index contributed by atoms with van der Waals surface area (Å²) in [6, 6.07) is 14.9. The summed E-state index contributed by atoms with van der Waals surface area (Å²) in [5, 5.41) is 3.73. The second kappa shape index (κ2) is 6.78. The maximum atomic E-state index is 12.0. The first-order valence-electron chi connectivity index (χ1n) is 6.36. The Bertz CT molecular complexity index is 599. The van der Waals surface area contributed by atoms with Crippen LogP contribution in [0.3, 0.4) is 0 Å². The van der Waals surface area contributed by atoms with Gasteiger partial charge in [-0.3, -0.25) is 4.79 Å². The Kier molecular flexibility index (Phi) is 5.05. The lowest BCUT2D eigenvalue weighted by Gasteiger charge is -2.13. The van der Waals surface area contributed by atoms with Crippen molar-refractivity contribution in [1.82, 2.24) is 5.32 Å². The third-order valence-corrected chi connectivity index (χ3v) is 3.86. The lowest BCUT2D eigenvalue weighted by atomic mass is 10.0. The number of rotatable bonds is 4. The fourth-order valence-corrected chi connectivity index (χ4v) is 2.18. The molecule has 2 nitrogen and oxygen atoms in total. The number of hydrogen-bond donors (Lipinski definition) is 1. The minimum absolute atomic E-state index is 0.147. The first-order valence-corrected chi connectivity index (χ1v) is 7.11. The van der Waals surface area contributed by atoms with Crippen LogP contribution in [0.15, 0.2) is 48.5 Å². The molecule has 0 heterocycles. The van der Waals surface area contributed by atoms with E-state index in [4.69, 9.17) is 23.2 Å². The van der Waals surface area contributed by atoms with Crippen LogP contribution in [0.25, 0.3) is 0 Å². The van der Waals surface area contributed by atoms with Gasteiger partial charge in [0.25, 0.3) is 5.91 Å². The first-order chi connectivity index (χ1) is 9.58. The molecular weight excluding hydrogens is 293 g/mol. The van der Waals surface area contributed by atoms with E-state index in [1.165, 1.54) is 5.56 Å². The third kappa shape index (κ3) is 3.75. The number of carbonyl (C=O) groups excluding carboxylic acids is 1. The lowest BCUT2D eigenvalue weighted by Crippen LogP contribution is -2.27. The second-order valence-corrected chi connectivity index (χ2v) is 5.47. The Morgan fingerprint density at radius 3 is 2.45 bits per heavy atom. The third-order valence-electron chi connectivity index (χ3n) is 3.12. The summed E-state index contributed by atoms with van der Waals surface area (Å²) in [5.41, 5.74) is 1.71. The predicted octanol–water partition coefficient (Wildman–Crippen LogP) is 4.53. The van der Waals surface area contributed by atoms with Crippen LogP contribution in [-0.2, 0) is 0 Å². The maximum Gasteiger partial charge on any atom is 0.251 e. The van der Waals surface area contributed by atoms with Crippen molar-refractivity contribution >= 4 is 29.1 Å². The Balaban J connectivity index is 1.97. The van der Waals surface area contributed by atoms with Gasteiger partial charge in [-0.15, -0.1) is 0 Å². The normalized spacial score (nSPS) is 11.9. The van der Waals surface area contributed by atoms with Crippen molar-refractivity contribution in [3.63, 3.8) is 0 Å². The highest BCUT2D eigenvalue weighted by molar-refractivity contribution is 6.42. The molecule has 0 saturated heterocycles. The van der Waals surface area contributed by atoms with E-state index in [0.717, 1.165) is 0 Å². The molecule has 1 N–H and O–H groups in total. The molecule has 2 aromatic carbocycles. The molecule has 0 aliphatic rings. The molecule has 0 aliphatic heterocycles. The molecule has 0 radical (unpaired) electrons. The standard InChI is InChI=1S/C16H15Cl2NO/c1-11(12-5-3-2-4-6-12)10-19-16(20)13-7-8-14(17)15(18)9-13/h2-9,11H,10H2,1H3,(H,19,20). The molecule has 0 fully saturated rings. The molecular formula is C16H15Cl2NO. The Hall–Kier alpha value is -1.51. The van der Waals surface area contributed by atoms with Crippen LogP contribution in [0.5, 0.6) is 0 Å². The highest BCUT2D eigenvalue weighted by Gasteiger charge is 2.10. The van der Waals surface area contributed by atoms with Crippen molar-refractivity contribution in [2.24, 2.45) is 0 Å². The van der Waals surface area contributed by atoms with E-state index in [9.17, 15) is 4.79 Å². The summed E-state index contributed by atoms with van der Waals surface area (Å²) in [6.45, 7) is 2.65. The van der Waals surface area contributed by atoms with Crippen LogP contribution in [0.2, 0.25) is 10.0 Å². The zero-order valence-electron chi connectivity index (χ0n) is 11.1. The SMILES string of the molecule is CC(CNC(=O)c1ccc(Cl)c(Cl)c1)c1ccccc1. The summed E-state index contributed by atoms with van der Waals surface area (Å²) in [4.78, 5) is 12.0. The van der Waals surface area contributed by atoms with E-state index >= 15 is 0 Å².